The first-order valence-electron chi connectivity index (χ1n) is 6.81. The molecule has 1 aromatic heterocycles. The fourth-order valence-corrected chi connectivity index (χ4v) is 2.05. The number of ether oxygens (including phenoxy) is 1. The Labute approximate surface area is 126 Å². The molecular weight excluding hydrogens is 293 g/mol. The van der Waals surface area contributed by atoms with Gasteiger partial charge in [0.15, 0.2) is 0 Å². The molecule has 0 aliphatic carbocycles. The molecule has 0 aliphatic heterocycles. The van der Waals surface area contributed by atoms with Gasteiger partial charge in [-0.25, -0.2) is 0 Å². The number of nitrogens with two attached hydrogens (primary N) is 1. The van der Waals surface area contributed by atoms with Crippen molar-refractivity contribution >= 4 is 0 Å². The zero-order valence-corrected chi connectivity index (χ0v) is 12.1. The zero-order valence-electron chi connectivity index (χ0n) is 12.1. The van der Waals surface area contributed by atoms with Crippen LogP contribution in [-0.4, -0.2) is 17.6 Å². The molecule has 2 N–H and O–H groups in total. The first kappa shape index (κ1) is 16.3. The Bertz CT molecular complexity index is 629. The van der Waals surface area contributed by atoms with E-state index in [1.165, 1.54) is 6.07 Å². The van der Waals surface area contributed by atoms with Crippen LogP contribution in [0.4, 0.5) is 13.2 Å². The second-order valence-electron chi connectivity index (χ2n) is 5.17. The van der Waals surface area contributed by atoms with Gasteiger partial charge < -0.3 is 10.5 Å². The standard InChI is InChI=1S/C16H17F3N2O/c1-11-5-15(9-21-8-11)22-10-14(20)7-12-3-2-4-13(6-12)16(17,18)19/h2-6,8-9,14H,7,10,20H2,1H3. The third kappa shape index (κ3) is 4.73. The Morgan fingerprint density at radius 2 is 2.00 bits per heavy atom. The Morgan fingerprint density at radius 3 is 2.68 bits per heavy atom. The molecule has 0 spiro atoms. The number of hydrogen-bond acceptors (Lipinski definition) is 3. The number of aromatic nitrogens is 1. The third-order valence-electron chi connectivity index (χ3n) is 3.07. The second kappa shape index (κ2) is 6.79. The fourth-order valence-electron chi connectivity index (χ4n) is 2.05. The predicted octanol–water partition coefficient (Wildman–Crippen LogP) is 3.36. The van der Waals surface area contributed by atoms with Crippen molar-refractivity contribution in [3.63, 3.8) is 0 Å². The van der Waals surface area contributed by atoms with Crippen molar-refractivity contribution < 1.29 is 17.9 Å². The maximum atomic E-state index is 12.6. The van der Waals surface area contributed by atoms with Crippen molar-refractivity contribution in [3.8, 4) is 5.75 Å². The Balaban J connectivity index is 1.93. The lowest BCUT2D eigenvalue weighted by molar-refractivity contribution is -0.137. The molecule has 0 saturated carbocycles. The van der Waals surface area contributed by atoms with Gasteiger partial charge >= 0.3 is 6.18 Å². The first-order valence-corrected chi connectivity index (χ1v) is 6.81. The highest BCUT2D eigenvalue weighted by molar-refractivity contribution is 5.26. The molecule has 22 heavy (non-hydrogen) atoms. The van der Waals surface area contributed by atoms with E-state index in [-0.39, 0.29) is 6.61 Å². The van der Waals surface area contributed by atoms with Crippen molar-refractivity contribution in [3.05, 3.63) is 59.4 Å². The Hall–Kier alpha value is -2.08. The lowest BCUT2D eigenvalue weighted by Crippen LogP contribution is -2.30. The van der Waals surface area contributed by atoms with E-state index in [0.29, 0.717) is 17.7 Å². The number of rotatable bonds is 5. The monoisotopic (exact) mass is 310 g/mol. The van der Waals surface area contributed by atoms with Gasteiger partial charge in [0.25, 0.3) is 0 Å². The average molecular weight is 310 g/mol. The van der Waals surface area contributed by atoms with Crippen LogP contribution in [0.1, 0.15) is 16.7 Å². The molecular formula is C16H17F3N2O. The summed E-state index contributed by atoms with van der Waals surface area (Å²) >= 11 is 0. The molecule has 0 amide bonds. The maximum Gasteiger partial charge on any atom is 0.416 e. The Morgan fingerprint density at radius 1 is 1.23 bits per heavy atom. The largest absolute Gasteiger partial charge is 0.490 e. The van der Waals surface area contributed by atoms with Gasteiger partial charge in [-0.3, -0.25) is 4.98 Å². The van der Waals surface area contributed by atoms with Gasteiger partial charge in [-0.05, 0) is 36.6 Å². The number of nitrogens with zero attached hydrogens (tertiary/aromatic N) is 1. The smallest absolute Gasteiger partial charge is 0.416 e. The molecule has 1 heterocycles. The molecule has 6 heteroatoms. The number of hydrogen-bond donors (Lipinski definition) is 1. The summed E-state index contributed by atoms with van der Waals surface area (Å²) in [6.07, 6.45) is -0.758. The van der Waals surface area contributed by atoms with E-state index in [2.05, 4.69) is 4.98 Å². The highest BCUT2D eigenvalue weighted by Gasteiger charge is 2.30. The quantitative estimate of drug-likeness (QED) is 0.921. The molecule has 0 bridgehead atoms. The lowest BCUT2D eigenvalue weighted by Gasteiger charge is -2.14. The number of halogens is 3. The van der Waals surface area contributed by atoms with E-state index in [4.69, 9.17) is 10.5 Å². The molecule has 118 valence electrons. The topological polar surface area (TPSA) is 48.1 Å². The molecule has 2 rings (SSSR count). The summed E-state index contributed by atoms with van der Waals surface area (Å²) in [7, 11) is 0. The summed E-state index contributed by atoms with van der Waals surface area (Å²) in [5, 5.41) is 0. The second-order valence-corrected chi connectivity index (χ2v) is 5.17. The van der Waals surface area contributed by atoms with Gasteiger partial charge in [0, 0.05) is 12.2 Å². The van der Waals surface area contributed by atoms with Gasteiger partial charge in [0.2, 0.25) is 0 Å². The highest BCUT2D eigenvalue weighted by atomic mass is 19.4. The molecule has 0 radical (unpaired) electrons. The predicted molar refractivity (Wildman–Crippen MR) is 77.6 cm³/mol. The number of aryl methyl sites for hydroxylation is 1. The molecule has 1 aromatic carbocycles. The van der Waals surface area contributed by atoms with Crippen molar-refractivity contribution in [2.75, 3.05) is 6.61 Å². The minimum absolute atomic E-state index is 0.210. The van der Waals surface area contributed by atoms with Crippen LogP contribution >= 0.6 is 0 Å². The zero-order chi connectivity index (χ0) is 16.2. The molecule has 0 fully saturated rings. The van der Waals surface area contributed by atoms with Crippen molar-refractivity contribution in [1.82, 2.24) is 4.98 Å². The fraction of sp³-hybridized carbons (Fsp3) is 0.312. The lowest BCUT2D eigenvalue weighted by atomic mass is 10.0. The minimum Gasteiger partial charge on any atom is -0.490 e. The highest BCUT2D eigenvalue weighted by Crippen LogP contribution is 2.29. The van der Waals surface area contributed by atoms with Crippen LogP contribution in [0.5, 0.6) is 5.75 Å². The van der Waals surface area contributed by atoms with Crippen molar-refractivity contribution in [2.45, 2.75) is 25.6 Å². The van der Waals surface area contributed by atoms with Crippen LogP contribution in [0.15, 0.2) is 42.7 Å². The van der Waals surface area contributed by atoms with Crippen LogP contribution in [0.3, 0.4) is 0 Å². The average Bonchev–Trinajstić information content (AvgIpc) is 2.45. The molecule has 1 atom stereocenters. The maximum absolute atomic E-state index is 12.6. The summed E-state index contributed by atoms with van der Waals surface area (Å²) in [5.74, 6) is 0.597. The van der Waals surface area contributed by atoms with Crippen LogP contribution in [-0.2, 0) is 12.6 Å². The van der Waals surface area contributed by atoms with Crippen LogP contribution in [0, 0.1) is 6.92 Å². The van der Waals surface area contributed by atoms with E-state index in [0.717, 1.165) is 17.7 Å². The first-order chi connectivity index (χ1) is 10.3. The SMILES string of the molecule is Cc1cncc(OCC(N)Cc2cccc(C(F)(F)F)c2)c1. The van der Waals surface area contributed by atoms with Crippen molar-refractivity contribution in [1.29, 1.82) is 0 Å². The van der Waals surface area contributed by atoms with E-state index in [9.17, 15) is 13.2 Å². The number of benzene rings is 1. The summed E-state index contributed by atoms with van der Waals surface area (Å²) < 4.78 is 43.5. The van der Waals surface area contributed by atoms with Gasteiger partial charge in [-0.15, -0.1) is 0 Å². The molecule has 0 aliphatic rings. The summed E-state index contributed by atoms with van der Waals surface area (Å²) in [5.41, 5.74) is 6.76. The molecule has 2 aromatic rings. The van der Waals surface area contributed by atoms with E-state index < -0.39 is 17.8 Å². The van der Waals surface area contributed by atoms with E-state index >= 15 is 0 Å². The Kier molecular flexibility index (Phi) is 5.03. The minimum atomic E-state index is -4.34. The molecule has 1 unspecified atom stereocenters. The summed E-state index contributed by atoms with van der Waals surface area (Å²) in [6, 6.07) is 6.60. The number of pyridine rings is 1. The van der Waals surface area contributed by atoms with E-state index in [1.807, 2.05) is 13.0 Å². The normalized spacial score (nSPS) is 13.0. The molecule has 0 saturated heterocycles. The van der Waals surface area contributed by atoms with Gasteiger partial charge in [-0.2, -0.15) is 13.2 Å². The van der Waals surface area contributed by atoms with Crippen LogP contribution < -0.4 is 10.5 Å². The van der Waals surface area contributed by atoms with Gasteiger partial charge in [-0.1, -0.05) is 18.2 Å². The van der Waals surface area contributed by atoms with Crippen molar-refractivity contribution in [2.24, 2.45) is 5.73 Å². The number of alkyl halides is 3. The van der Waals surface area contributed by atoms with E-state index in [1.54, 1.807) is 18.5 Å². The summed E-state index contributed by atoms with van der Waals surface area (Å²) in [6.45, 7) is 2.10. The van der Waals surface area contributed by atoms with Crippen LogP contribution in [0.2, 0.25) is 0 Å². The third-order valence-corrected chi connectivity index (χ3v) is 3.07. The molecule has 3 nitrogen and oxygen atoms in total. The summed E-state index contributed by atoms with van der Waals surface area (Å²) in [4.78, 5) is 3.99. The van der Waals surface area contributed by atoms with Crippen LogP contribution in [0.25, 0.3) is 0 Å². The van der Waals surface area contributed by atoms with Gasteiger partial charge in [0.05, 0.1) is 11.8 Å². The van der Waals surface area contributed by atoms with Gasteiger partial charge in [0.1, 0.15) is 12.4 Å².